The van der Waals surface area contributed by atoms with Gasteiger partial charge in [-0.15, -0.1) is 10.2 Å². The highest BCUT2D eigenvalue weighted by atomic mass is 19.1. The number of nitrogens with one attached hydrogen (secondary N) is 1. The van der Waals surface area contributed by atoms with E-state index in [4.69, 9.17) is 4.74 Å². The van der Waals surface area contributed by atoms with Gasteiger partial charge in [-0.2, -0.15) is 4.80 Å². The monoisotopic (exact) mass is 495 g/mol. The van der Waals surface area contributed by atoms with Crippen LogP contribution >= 0.6 is 0 Å². The fourth-order valence-corrected chi connectivity index (χ4v) is 4.05. The second kappa shape index (κ2) is 10.9. The molecule has 3 heterocycles. The van der Waals surface area contributed by atoms with Crippen molar-refractivity contribution in [1.29, 1.82) is 0 Å². The van der Waals surface area contributed by atoms with Crippen LogP contribution in [0.25, 0.3) is 11.4 Å². The largest absolute Gasteiger partial charge is 0.376 e. The minimum absolute atomic E-state index is 0.181. The molecule has 1 saturated heterocycles. The van der Waals surface area contributed by atoms with Gasteiger partial charge in [0, 0.05) is 36.6 Å². The Balaban J connectivity index is 1.62. The molecule has 1 aromatic carbocycles. The number of carbonyl (C=O) groups excluding carboxylic acids is 2. The van der Waals surface area contributed by atoms with Gasteiger partial charge < -0.3 is 15.0 Å². The molecule has 1 N–H and O–H groups in total. The predicted octanol–water partition coefficient (Wildman–Crippen LogP) is 2.54. The fourth-order valence-electron chi connectivity index (χ4n) is 4.05. The Labute approximate surface area is 208 Å². The molecule has 2 amide bonds. The van der Waals surface area contributed by atoms with E-state index in [1.54, 1.807) is 36.7 Å². The number of rotatable bonds is 8. The van der Waals surface area contributed by atoms with E-state index in [1.807, 2.05) is 20.8 Å². The molecule has 1 fully saturated rings. The van der Waals surface area contributed by atoms with E-state index in [1.165, 1.54) is 21.8 Å². The molecule has 10 nitrogen and oxygen atoms in total. The maximum atomic E-state index is 13.7. The number of carbonyl (C=O) groups is 2. The number of halogens is 1. The summed E-state index contributed by atoms with van der Waals surface area (Å²) in [4.78, 5) is 33.9. The van der Waals surface area contributed by atoms with Crippen LogP contribution in [0.4, 0.5) is 4.39 Å². The van der Waals surface area contributed by atoms with Crippen molar-refractivity contribution >= 4 is 11.8 Å². The van der Waals surface area contributed by atoms with Crippen molar-refractivity contribution in [3.05, 3.63) is 60.2 Å². The number of ether oxygens (including phenoxy) is 1. The first-order chi connectivity index (χ1) is 17.2. The minimum Gasteiger partial charge on any atom is -0.376 e. The molecule has 1 aliphatic heterocycles. The van der Waals surface area contributed by atoms with Crippen LogP contribution in [0.2, 0.25) is 0 Å². The van der Waals surface area contributed by atoms with Gasteiger partial charge in [0.25, 0.3) is 0 Å². The van der Waals surface area contributed by atoms with Crippen LogP contribution in [0.15, 0.2) is 48.8 Å². The molecule has 0 unspecified atom stereocenters. The Morgan fingerprint density at radius 3 is 2.56 bits per heavy atom. The molecule has 1 aliphatic rings. The first-order valence-electron chi connectivity index (χ1n) is 11.9. The molecule has 2 atom stereocenters. The van der Waals surface area contributed by atoms with Gasteiger partial charge in [-0.25, -0.2) is 4.39 Å². The number of hydrogen-bond acceptors (Lipinski definition) is 7. The second-order valence-electron chi connectivity index (χ2n) is 9.75. The van der Waals surface area contributed by atoms with Crippen LogP contribution in [0.3, 0.4) is 0 Å². The summed E-state index contributed by atoms with van der Waals surface area (Å²) in [5.74, 6) is -0.774. The third-order valence-corrected chi connectivity index (χ3v) is 5.66. The molecule has 0 radical (unpaired) electrons. The normalized spacial score (nSPS) is 16.5. The molecule has 0 spiro atoms. The van der Waals surface area contributed by atoms with Gasteiger partial charge in [0.1, 0.15) is 18.4 Å². The first-order valence-corrected chi connectivity index (χ1v) is 11.9. The lowest BCUT2D eigenvalue weighted by Gasteiger charge is -2.34. The van der Waals surface area contributed by atoms with Crippen molar-refractivity contribution in [2.75, 3.05) is 13.2 Å². The lowest BCUT2D eigenvalue weighted by molar-refractivity contribution is -0.144. The number of hydrogen-bond donors (Lipinski definition) is 1. The molecule has 0 bridgehead atoms. The number of nitrogens with zero attached hydrogens (tertiary/aromatic N) is 6. The Morgan fingerprint density at radius 1 is 1.19 bits per heavy atom. The summed E-state index contributed by atoms with van der Waals surface area (Å²) in [6.45, 7) is 6.28. The van der Waals surface area contributed by atoms with Crippen LogP contribution in [-0.2, 0) is 20.9 Å². The summed E-state index contributed by atoms with van der Waals surface area (Å²) in [5, 5.41) is 15.3. The van der Waals surface area contributed by atoms with Crippen LogP contribution in [0.1, 0.15) is 45.2 Å². The Morgan fingerprint density at radius 2 is 1.92 bits per heavy atom. The maximum absolute atomic E-state index is 13.7. The summed E-state index contributed by atoms with van der Waals surface area (Å²) in [5.41, 5.74) is 0.709. The third kappa shape index (κ3) is 6.48. The van der Waals surface area contributed by atoms with Crippen molar-refractivity contribution in [2.45, 2.75) is 57.8 Å². The summed E-state index contributed by atoms with van der Waals surface area (Å²) < 4.78 is 19.1. The van der Waals surface area contributed by atoms with Gasteiger partial charge in [0.2, 0.25) is 17.6 Å². The lowest BCUT2D eigenvalue weighted by Crippen LogP contribution is -2.51. The Hall–Kier alpha value is -3.73. The smallest absolute Gasteiger partial charge is 0.247 e. The van der Waals surface area contributed by atoms with E-state index < -0.39 is 11.6 Å². The van der Waals surface area contributed by atoms with Crippen molar-refractivity contribution in [3.8, 4) is 11.4 Å². The van der Waals surface area contributed by atoms with Gasteiger partial charge in [0.15, 0.2) is 0 Å². The predicted molar refractivity (Wildman–Crippen MR) is 129 cm³/mol. The molecule has 4 rings (SSSR count). The molecule has 3 aromatic rings. The number of aromatic nitrogens is 5. The fraction of sp³-hybridized carbons (Fsp3) is 0.440. The van der Waals surface area contributed by atoms with Crippen molar-refractivity contribution in [1.82, 2.24) is 35.4 Å². The topological polar surface area (TPSA) is 115 Å². The van der Waals surface area contributed by atoms with Crippen LogP contribution in [-0.4, -0.2) is 66.7 Å². The molecule has 0 aliphatic carbocycles. The zero-order chi connectivity index (χ0) is 25.7. The molecule has 11 heteroatoms. The summed E-state index contributed by atoms with van der Waals surface area (Å²) >= 11 is 0. The third-order valence-electron chi connectivity index (χ3n) is 5.66. The van der Waals surface area contributed by atoms with E-state index in [0.717, 1.165) is 12.8 Å². The van der Waals surface area contributed by atoms with Gasteiger partial charge in [-0.1, -0.05) is 0 Å². The maximum Gasteiger partial charge on any atom is 0.247 e. The highest BCUT2D eigenvalue weighted by Crippen LogP contribution is 2.25. The Bertz CT molecular complexity index is 1170. The Kier molecular flexibility index (Phi) is 7.68. The highest BCUT2D eigenvalue weighted by molar-refractivity contribution is 5.89. The quantitative estimate of drug-likeness (QED) is 0.511. The van der Waals surface area contributed by atoms with E-state index in [9.17, 15) is 14.0 Å². The van der Waals surface area contributed by atoms with Crippen molar-refractivity contribution in [2.24, 2.45) is 0 Å². The zero-order valence-electron chi connectivity index (χ0n) is 20.6. The average molecular weight is 496 g/mol. The SMILES string of the molecule is CC(C)(C)NC(=O)[C@H](c1ccncc1)N(C[C@@H]1CCCO1)C(=O)Cn1nnc(-c2ccc(F)cc2)n1. The highest BCUT2D eigenvalue weighted by Gasteiger charge is 2.35. The standard InChI is InChI=1S/C25H30FN7O3/c1-25(2,3)28-24(35)22(17-10-12-27-13-11-17)32(15-20-5-4-14-36-20)21(34)16-33-30-23(29-31-33)18-6-8-19(26)9-7-18/h6-13,20,22H,4-5,14-16H2,1-3H3,(H,28,35)/t20-,22-/m0/s1. The molecule has 0 saturated carbocycles. The first kappa shape index (κ1) is 25.4. The van der Waals surface area contributed by atoms with E-state index in [0.29, 0.717) is 17.7 Å². The number of tetrazole rings is 1. The van der Waals surface area contributed by atoms with Crippen molar-refractivity contribution < 1.29 is 18.7 Å². The summed E-state index contributed by atoms with van der Waals surface area (Å²) in [6, 6.07) is 8.24. The van der Waals surface area contributed by atoms with E-state index in [2.05, 4.69) is 25.7 Å². The molecule has 36 heavy (non-hydrogen) atoms. The molecule has 2 aromatic heterocycles. The van der Waals surface area contributed by atoms with Gasteiger partial charge in [-0.3, -0.25) is 14.6 Å². The van der Waals surface area contributed by atoms with Crippen molar-refractivity contribution in [3.63, 3.8) is 0 Å². The van der Waals surface area contributed by atoms with E-state index >= 15 is 0 Å². The van der Waals surface area contributed by atoms with Crippen LogP contribution in [0.5, 0.6) is 0 Å². The summed E-state index contributed by atoms with van der Waals surface area (Å²) in [7, 11) is 0. The zero-order valence-corrected chi connectivity index (χ0v) is 20.6. The van der Waals surface area contributed by atoms with Crippen LogP contribution < -0.4 is 5.32 Å². The minimum atomic E-state index is -0.899. The summed E-state index contributed by atoms with van der Waals surface area (Å²) in [6.07, 6.45) is 4.69. The number of pyridine rings is 1. The van der Waals surface area contributed by atoms with E-state index in [-0.39, 0.29) is 42.6 Å². The molecule has 190 valence electrons. The van der Waals surface area contributed by atoms with Gasteiger partial charge in [-0.05, 0) is 80.8 Å². The average Bonchev–Trinajstić information content (AvgIpc) is 3.51. The van der Waals surface area contributed by atoms with Gasteiger partial charge >= 0.3 is 0 Å². The molecular weight excluding hydrogens is 465 g/mol. The van der Waals surface area contributed by atoms with Gasteiger partial charge in [0.05, 0.1) is 6.10 Å². The second-order valence-corrected chi connectivity index (χ2v) is 9.75. The number of benzene rings is 1. The molecular formula is C25H30FN7O3. The lowest BCUT2D eigenvalue weighted by atomic mass is 10.0. The number of amides is 2. The van der Waals surface area contributed by atoms with Crippen LogP contribution in [0, 0.1) is 5.82 Å².